The van der Waals surface area contributed by atoms with Crippen molar-refractivity contribution >= 4 is 11.6 Å². The van der Waals surface area contributed by atoms with Gasteiger partial charge in [-0.15, -0.1) is 0 Å². The third-order valence-electron chi connectivity index (χ3n) is 3.56. The Balaban J connectivity index is 1.94. The average molecular weight is 285 g/mol. The van der Waals surface area contributed by atoms with Crippen molar-refractivity contribution in [2.24, 2.45) is 0 Å². The number of hydrogen-bond donors (Lipinski definition) is 2. The molecule has 0 fully saturated rings. The van der Waals surface area contributed by atoms with Crippen molar-refractivity contribution in [2.75, 3.05) is 12.3 Å². The lowest BCUT2D eigenvalue weighted by atomic mass is 10.1. The Morgan fingerprint density at radius 1 is 1.33 bits per heavy atom. The van der Waals surface area contributed by atoms with E-state index in [9.17, 15) is 4.79 Å². The number of carbonyl (C=O) groups is 1. The fourth-order valence-electron chi connectivity index (χ4n) is 2.44. The largest absolute Gasteiger partial charge is 0.397 e. The number of nitrogens with zero attached hydrogens (tertiary/aromatic N) is 1. The molecule has 0 spiro atoms. The molecule has 1 heterocycles. The first kappa shape index (κ1) is 15.2. The summed E-state index contributed by atoms with van der Waals surface area (Å²) in [5.74, 6) is -0.0614. The number of aromatic nitrogens is 1. The van der Waals surface area contributed by atoms with E-state index >= 15 is 0 Å². The van der Waals surface area contributed by atoms with Gasteiger partial charge in [0.25, 0.3) is 5.91 Å². The van der Waals surface area contributed by atoms with E-state index in [1.807, 2.05) is 22.9 Å². The van der Waals surface area contributed by atoms with Crippen LogP contribution in [0.1, 0.15) is 35.0 Å². The summed E-state index contributed by atoms with van der Waals surface area (Å²) in [5, 5.41) is 2.97. The molecule has 0 aliphatic carbocycles. The predicted molar refractivity (Wildman–Crippen MR) is 86.4 cm³/mol. The molecule has 4 nitrogen and oxygen atoms in total. The van der Waals surface area contributed by atoms with Gasteiger partial charge in [0, 0.05) is 19.3 Å². The number of amides is 1. The zero-order valence-corrected chi connectivity index (χ0v) is 12.7. The lowest BCUT2D eigenvalue weighted by Gasteiger charge is -2.09. The van der Waals surface area contributed by atoms with Crippen LogP contribution >= 0.6 is 0 Å². The summed E-state index contributed by atoms with van der Waals surface area (Å²) in [6.07, 6.45) is 3.62. The number of rotatable bonds is 6. The van der Waals surface area contributed by atoms with E-state index in [0.29, 0.717) is 17.9 Å². The van der Waals surface area contributed by atoms with Crippen molar-refractivity contribution in [3.05, 3.63) is 53.3 Å². The van der Waals surface area contributed by atoms with Gasteiger partial charge < -0.3 is 15.6 Å². The highest BCUT2D eigenvalue weighted by molar-refractivity contribution is 5.93. The fourth-order valence-corrected chi connectivity index (χ4v) is 2.44. The van der Waals surface area contributed by atoms with Gasteiger partial charge in [0.05, 0.1) is 5.69 Å². The Bertz CT molecular complexity index is 616. The number of nitrogens with two attached hydrogens (primary N) is 1. The maximum absolute atomic E-state index is 12.2. The van der Waals surface area contributed by atoms with E-state index in [0.717, 1.165) is 19.4 Å². The summed E-state index contributed by atoms with van der Waals surface area (Å²) in [4.78, 5) is 12.2. The van der Waals surface area contributed by atoms with Crippen LogP contribution in [0.15, 0.2) is 36.5 Å². The second-order valence-corrected chi connectivity index (χ2v) is 5.28. The van der Waals surface area contributed by atoms with E-state index in [2.05, 4.69) is 31.3 Å². The molecule has 0 bridgehead atoms. The highest BCUT2D eigenvalue weighted by atomic mass is 16.1. The first-order valence-corrected chi connectivity index (χ1v) is 7.40. The minimum Gasteiger partial charge on any atom is -0.397 e. The summed E-state index contributed by atoms with van der Waals surface area (Å²) in [5.41, 5.74) is 9.58. The molecular formula is C17H23N3O. The van der Waals surface area contributed by atoms with Gasteiger partial charge in [0.2, 0.25) is 0 Å². The Hall–Kier alpha value is -2.23. The van der Waals surface area contributed by atoms with Crippen LogP contribution in [0.3, 0.4) is 0 Å². The van der Waals surface area contributed by atoms with Gasteiger partial charge in [0.1, 0.15) is 5.69 Å². The molecule has 2 aromatic rings. The third-order valence-corrected chi connectivity index (χ3v) is 3.56. The van der Waals surface area contributed by atoms with Crippen LogP contribution in [-0.4, -0.2) is 17.0 Å². The van der Waals surface area contributed by atoms with Crippen molar-refractivity contribution in [3.8, 4) is 0 Å². The van der Waals surface area contributed by atoms with Gasteiger partial charge in [-0.25, -0.2) is 0 Å². The van der Waals surface area contributed by atoms with E-state index in [1.165, 1.54) is 11.1 Å². The summed E-state index contributed by atoms with van der Waals surface area (Å²) >= 11 is 0. The van der Waals surface area contributed by atoms with Gasteiger partial charge in [-0.3, -0.25) is 4.79 Å². The van der Waals surface area contributed by atoms with Gasteiger partial charge >= 0.3 is 0 Å². The van der Waals surface area contributed by atoms with E-state index < -0.39 is 0 Å². The number of hydrogen-bond acceptors (Lipinski definition) is 2. The van der Waals surface area contributed by atoms with Gasteiger partial charge in [0.15, 0.2) is 0 Å². The van der Waals surface area contributed by atoms with E-state index in [4.69, 9.17) is 5.73 Å². The fraction of sp³-hybridized carbons (Fsp3) is 0.353. The minimum absolute atomic E-state index is 0.0614. The van der Waals surface area contributed by atoms with Crippen LogP contribution < -0.4 is 11.1 Å². The second kappa shape index (κ2) is 6.97. The van der Waals surface area contributed by atoms with Crippen molar-refractivity contribution in [3.63, 3.8) is 0 Å². The monoisotopic (exact) mass is 285 g/mol. The molecule has 1 aromatic heterocycles. The lowest BCUT2D eigenvalue weighted by molar-refractivity contribution is 0.0944. The number of aryl methyl sites for hydroxylation is 2. The van der Waals surface area contributed by atoms with Gasteiger partial charge in [-0.1, -0.05) is 31.2 Å². The molecule has 0 aliphatic rings. The van der Waals surface area contributed by atoms with Crippen LogP contribution in [0.4, 0.5) is 5.69 Å². The Labute approximate surface area is 126 Å². The van der Waals surface area contributed by atoms with E-state index in [-0.39, 0.29) is 5.91 Å². The molecule has 1 amide bonds. The predicted octanol–water partition coefficient (Wildman–Crippen LogP) is 2.76. The van der Waals surface area contributed by atoms with Crippen LogP contribution in [0, 0.1) is 6.92 Å². The summed E-state index contributed by atoms with van der Waals surface area (Å²) in [7, 11) is 0. The molecule has 1 aromatic carbocycles. The van der Waals surface area contributed by atoms with Crippen molar-refractivity contribution in [2.45, 2.75) is 33.2 Å². The number of nitrogen functional groups attached to an aromatic ring is 1. The summed E-state index contributed by atoms with van der Waals surface area (Å²) in [6.45, 7) is 5.60. The van der Waals surface area contributed by atoms with Crippen molar-refractivity contribution in [1.29, 1.82) is 0 Å². The zero-order chi connectivity index (χ0) is 15.2. The molecule has 3 N–H and O–H groups in total. The molecular weight excluding hydrogens is 262 g/mol. The molecule has 0 aliphatic heterocycles. The van der Waals surface area contributed by atoms with Crippen LogP contribution in [0.25, 0.3) is 0 Å². The summed E-state index contributed by atoms with van der Waals surface area (Å²) < 4.78 is 1.92. The first-order valence-electron chi connectivity index (χ1n) is 7.40. The third kappa shape index (κ3) is 3.88. The molecule has 0 saturated carbocycles. The zero-order valence-electron chi connectivity index (χ0n) is 12.7. The maximum atomic E-state index is 12.2. The topological polar surface area (TPSA) is 60.0 Å². The lowest BCUT2D eigenvalue weighted by Crippen LogP contribution is -2.28. The Morgan fingerprint density at radius 2 is 2.10 bits per heavy atom. The first-order chi connectivity index (χ1) is 10.1. The number of nitrogens with one attached hydrogen (secondary N) is 1. The highest BCUT2D eigenvalue weighted by Crippen LogP contribution is 2.12. The molecule has 0 unspecified atom stereocenters. The normalized spacial score (nSPS) is 10.6. The smallest absolute Gasteiger partial charge is 0.267 e. The van der Waals surface area contributed by atoms with E-state index in [1.54, 1.807) is 6.07 Å². The van der Waals surface area contributed by atoms with Crippen LogP contribution in [-0.2, 0) is 13.0 Å². The van der Waals surface area contributed by atoms with Crippen molar-refractivity contribution in [1.82, 2.24) is 9.88 Å². The molecule has 0 saturated heterocycles. The minimum atomic E-state index is -0.0614. The van der Waals surface area contributed by atoms with Crippen LogP contribution in [0.5, 0.6) is 0 Å². The SMILES string of the molecule is CCCn1cc(N)cc1C(=O)NCCc1ccccc1C. The van der Waals surface area contributed by atoms with Gasteiger partial charge in [-0.05, 0) is 37.0 Å². The second-order valence-electron chi connectivity index (χ2n) is 5.28. The Morgan fingerprint density at radius 3 is 2.81 bits per heavy atom. The number of anilines is 1. The maximum Gasteiger partial charge on any atom is 0.267 e. The average Bonchev–Trinajstić information content (AvgIpc) is 2.82. The number of benzene rings is 1. The molecule has 2 rings (SSSR count). The summed E-state index contributed by atoms with van der Waals surface area (Å²) in [6, 6.07) is 9.97. The van der Waals surface area contributed by atoms with Gasteiger partial charge in [-0.2, -0.15) is 0 Å². The quantitative estimate of drug-likeness (QED) is 0.857. The molecule has 112 valence electrons. The standard InChI is InChI=1S/C17H23N3O/c1-3-10-20-12-15(18)11-16(20)17(21)19-9-8-14-7-5-4-6-13(14)2/h4-7,11-12H,3,8-10,18H2,1-2H3,(H,19,21). The molecule has 0 radical (unpaired) electrons. The number of carbonyl (C=O) groups excluding carboxylic acids is 1. The molecule has 21 heavy (non-hydrogen) atoms. The molecule has 4 heteroatoms. The van der Waals surface area contributed by atoms with Crippen molar-refractivity contribution < 1.29 is 4.79 Å². The molecule has 0 atom stereocenters. The highest BCUT2D eigenvalue weighted by Gasteiger charge is 2.12. The van der Waals surface area contributed by atoms with Crippen LogP contribution in [0.2, 0.25) is 0 Å². The Kier molecular flexibility index (Phi) is 5.04.